The standard InChI is InChI=1S/C93H94BN5/c1-88(2,3)70-39-41-80-78(57-70)94-79-58-71(89(4,5)6)40-42-81(79)99(77-51-65(61-35-27-21-28-36-61)44-66(52-77)62-37-29-22-30-38-62)83-54-69(53-82(84(83)94)98(80)76-49-63(59-31-23-19-24-32-59)43-64(50-76)60-33-25-20-26-34-60)87-96-85(67-45-72(90(7,8)9)55-73(46-67)91(10,11)12)95-86(97-87)68-47-74(92(13,14)15)56-75(48-68)93(16,17)18/h19-58H,1-18H3. The molecule has 0 saturated heterocycles. The van der Waals surface area contributed by atoms with Crippen LogP contribution in [-0.2, 0) is 32.5 Å². The Kier molecular flexibility index (Phi) is 16.4. The van der Waals surface area contributed by atoms with E-state index < -0.39 is 0 Å². The number of anilines is 6. The molecule has 0 N–H and O–H groups in total. The number of aromatic nitrogens is 3. The molecule has 11 aromatic carbocycles. The first kappa shape index (κ1) is 66.3. The number of rotatable bonds is 9. The number of nitrogens with zero attached hydrogens (tertiary/aromatic N) is 5. The van der Waals surface area contributed by atoms with Crippen molar-refractivity contribution in [1.29, 1.82) is 0 Å². The van der Waals surface area contributed by atoms with E-state index in [0.717, 1.165) is 95.3 Å². The van der Waals surface area contributed by atoms with Gasteiger partial charge < -0.3 is 9.80 Å². The maximum Gasteiger partial charge on any atom is 0.252 e. The zero-order valence-corrected chi connectivity index (χ0v) is 61.4. The minimum absolute atomic E-state index is 0.156. The van der Waals surface area contributed by atoms with Gasteiger partial charge >= 0.3 is 0 Å². The molecule has 0 unspecified atom stereocenters. The highest BCUT2D eigenvalue weighted by Crippen LogP contribution is 2.50. The van der Waals surface area contributed by atoms with Crippen molar-refractivity contribution >= 4 is 57.2 Å². The quantitative estimate of drug-likeness (QED) is 0.135. The van der Waals surface area contributed by atoms with Gasteiger partial charge in [0.25, 0.3) is 6.71 Å². The first-order valence-electron chi connectivity index (χ1n) is 35.5. The summed E-state index contributed by atoms with van der Waals surface area (Å²) in [5.41, 5.74) is 28.7. The van der Waals surface area contributed by atoms with Gasteiger partial charge in [-0.25, -0.2) is 15.0 Å². The van der Waals surface area contributed by atoms with Crippen molar-refractivity contribution in [2.45, 2.75) is 157 Å². The van der Waals surface area contributed by atoms with Crippen LogP contribution in [0.5, 0.6) is 0 Å². The fourth-order valence-electron chi connectivity index (χ4n) is 14.3. The summed E-state index contributed by atoms with van der Waals surface area (Å²) in [6, 6.07) is 91.5. The SMILES string of the molecule is CC(C)(C)c1cc(-c2nc(-c3cc(C(C)(C)C)cc(C(C)(C)C)c3)nc(-c3cc4c5c(c3)N(c3cc(-c6ccccc6)cc(-c6ccccc6)c3)c3ccc(C(C)(C)C)cc3B5c3cc(C(C)(C)C)ccc3N4c3cc(-c4ccccc4)cc(-c4ccccc4)c3)n2)cc(C(C)(C)C)c1. The second kappa shape index (κ2) is 24.5. The van der Waals surface area contributed by atoms with Gasteiger partial charge in [0, 0.05) is 50.8 Å². The number of benzene rings is 11. The van der Waals surface area contributed by atoms with Gasteiger partial charge in [-0.3, -0.25) is 0 Å². The third-order valence-corrected chi connectivity index (χ3v) is 20.3. The van der Waals surface area contributed by atoms with Gasteiger partial charge in [-0.1, -0.05) is 282 Å². The summed E-state index contributed by atoms with van der Waals surface area (Å²) in [7, 11) is 0. The van der Waals surface area contributed by atoms with Crippen LogP contribution >= 0.6 is 0 Å². The number of hydrogen-bond acceptors (Lipinski definition) is 5. The van der Waals surface area contributed by atoms with Crippen LogP contribution < -0.4 is 26.2 Å². The van der Waals surface area contributed by atoms with E-state index in [-0.39, 0.29) is 39.2 Å². The Hall–Kier alpha value is -9.91. The van der Waals surface area contributed by atoms with Crippen molar-refractivity contribution in [2.75, 3.05) is 9.80 Å². The van der Waals surface area contributed by atoms with Crippen molar-refractivity contribution < 1.29 is 0 Å². The Morgan fingerprint density at radius 1 is 0.222 bits per heavy atom. The average Bonchev–Trinajstić information content (AvgIpc) is 0.693. The van der Waals surface area contributed by atoms with E-state index >= 15 is 0 Å². The fraction of sp³-hybridized carbons (Fsp3) is 0.258. The van der Waals surface area contributed by atoms with E-state index in [0.29, 0.717) is 17.5 Å². The molecule has 0 aliphatic carbocycles. The topological polar surface area (TPSA) is 45.2 Å². The lowest BCUT2D eigenvalue weighted by atomic mass is 9.33. The minimum atomic E-state index is -0.195. The highest BCUT2D eigenvalue weighted by molar-refractivity contribution is 7.00. The van der Waals surface area contributed by atoms with Crippen LogP contribution in [0.4, 0.5) is 34.1 Å². The van der Waals surface area contributed by atoms with E-state index in [1.54, 1.807) is 0 Å². The molecule has 1 aromatic heterocycles. The van der Waals surface area contributed by atoms with Crippen LogP contribution in [0.25, 0.3) is 78.7 Å². The molecule has 0 spiro atoms. The first-order chi connectivity index (χ1) is 46.8. The van der Waals surface area contributed by atoms with Crippen LogP contribution in [0, 0.1) is 0 Å². The Bertz CT molecular complexity index is 4570. The van der Waals surface area contributed by atoms with Crippen LogP contribution in [0.2, 0.25) is 0 Å². The molecule has 2 aliphatic heterocycles. The lowest BCUT2D eigenvalue weighted by Crippen LogP contribution is -2.61. The molecule has 99 heavy (non-hydrogen) atoms. The Balaban J connectivity index is 1.16. The zero-order chi connectivity index (χ0) is 69.9. The lowest BCUT2D eigenvalue weighted by Gasteiger charge is -2.45. The van der Waals surface area contributed by atoms with Crippen molar-refractivity contribution in [3.8, 4) is 78.7 Å². The monoisotopic (exact) mass is 1290 g/mol. The largest absolute Gasteiger partial charge is 0.311 e. The van der Waals surface area contributed by atoms with Crippen LogP contribution in [0.3, 0.4) is 0 Å². The molecule has 2 aliphatic rings. The maximum absolute atomic E-state index is 5.87. The molecule has 6 heteroatoms. The number of fused-ring (bicyclic) bond motifs is 4. The van der Waals surface area contributed by atoms with Crippen LogP contribution in [0.1, 0.15) is 158 Å². The van der Waals surface area contributed by atoms with Crippen molar-refractivity contribution in [3.63, 3.8) is 0 Å². The smallest absolute Gasteiger partial charge is 0.252 e. The summed E-state index contributed by atoms with van der Waals surface area (Å²) < 4.78 is 0. The van der Waals surface area contributed by atoms with Crippen molar-refractivity contribution in [1.82, 2.24) is 15.0 Å². The van der Waals surface area contributed by atoms with Gasteiger partial charge in [0.15, 0.2) is 17.5 Å². The second-order valence-electron chi connectivity index (χ2n) is 34.0. The Morgan fingerprint density at radius 3 is 0.747 bits per heavy atom. The average molecular weight is 1290 g/mol. The van der Waals surface area contributed by atoms with Gasteiger partial charge in [-0.2, -0.15) is 0 Å². The maximum atomic E-state index is 5.87. The van der Waals surface area contributed by atoms with E-state index in [1.165, 1.54) is 49.8 Å². The first-order valence-corrected chi connectivity index (χ1v) is 35.5. The molecule has 3 heterocycles. The van der Waals surface area contributed by atoms with Crippen LogP contribution in [0.15, 0.2) is 243 Å². The molecular formula is C93H94BN5. The van der Waals surface area contributed by atoms with E-state index in [1.807, 2.05) is 0 Å². The normalized spacial score (nSPS) is 13.3. The van der Waals surface area contributed by atoms with E-state index in [2.05, 4.69) is 377 Å². The summed E-state index contributed by atoms with van der Waals surface area (Å²) in [4.78, 5) is 22.6. The molecule has 0 bridgehead atoms. The summed E-state index contributed by atoms with van der Waals surface area (Å²) in [6.45, 7) is 41.5. The van der Waals surface area contributed by atoms with E-state index in [9.17, 15) is 0 Å². The lowest BCUT2D eigenvalue weighted by molar-refractivity contribution is 0.568. The summed E-state index contributed by atoms with van der Waals surface area (Å²) in [5.74, 6) is 1.86. The number of hydrogen-bond donors (Lipinski definition) is 0. The predicted molar refractivity (Wildman–Crippen MR) is 424 cm³/mol. The zero-order valence-electron chi connectivity index (χ0n) is 61.4. The van der Waals surface area contributed by atoms with Crippen LogP contribution in [-0.4, -0.2) is 21.7 Å². The van der Waals surface area contributed by atoms with Crippen molar-refractivity contribution in [3.05, 3.63) is 276 Å². The molecule has 5 nitrogen and oxygen atoms in total. The molecule has 14 rings (SSSR count). The van der Waals surface area contributed by atoms with Gasteiger partial charge in [-0.15, -0.1) is 0 Å². The van der Waals surface area contributed by atoms with Gasteiger partial charge in [0.2, 0.25) is 0 Å². The van der Waals surface area contributed by atoms with Gasteiger partial charge in [0.05, 0.1) is 0 Å². The summed E-state index contributed by atoms with van der Waals surface area (Å²) in [5, 5.41) is 0. The molecule has 12 aromatic rings. The minimum Gasteiger partial charge on any atom is -0.311 e. The van der Waals surface area contributed by atoms with Crippen molar-refractivity contribution in [2.24, 2.45) is 0 Å². The van der Waals surface area contributed by atoms with Gasteiger partial charge in [0.1, 0.15) is 0 Å². The fourth-order valence-corrected chi connectivity index (χ4v) is 14.3. The Labute approximate surface area is 590 Å². The molecule has 0 amide bonds. The van der Waals surface area contributed by atoms with E-state index in [4.69, 9.17) is 15.0 Å². The molecule has 0 saturated carbocycles. The summed E-state index contributed by atoms with van der Waals surface area (Å²) in [6.07, 6.45) is 0. The third kappa shape index (κ3) is 13.0. The molecule has 494 valence electrons. The summed E-state index contributed by atoms with van der Waals surface area (Å²) >= 11 is 0. The molecule has 0 fully saturated rings. The second-order valence-corrected chi connectivity index (χ2v) is 34.0. The Morgan fingerprint density at radius 2 is 0.485 bits per heavy atom. The van der Waals surface area contributed by atoms with Gasteiger partial charge in [-0.05, 0) is 212 Å². The third-order valence-electron chi connectivity index (χ3n) is 20.3. The highest BCUT2D eigenvalue weighted by Gasteiger charge is 2.45. The molecule has 0 atom stereocenters. The highest BCUT2D eigenvalue weighted by atomic mass is 15.2. The predicted octanol–water partition coefficient (Wildman–Crippen LogP) is 23.4. The molecular weight excluding hydrogens is 1200 g/mol. The molecule has 0 radical (unpaired) electrons.